The van der Waals surface area contributed by atoms with E-state index in [0.717, 1.165) is 0 Å². The number of ether oxygens (including phenoxy) is 1. The monoisotopic (exact) mass is 488 g/mol. The second-order valence-electron chi connectivity index (χ2n) is 8.12. The molecule has 1 fully saturated rings. The van der Waals surface area contributed by atoms with E-state index in [1.807, 2.05) is 4.57 Å². The van der Waals surface area contributed by atoms with Crippen LogP contribution < -0.4 is 4.74 Å². The first-order chi connectivity index (χ1) is 17.4. The van der Waals surface area contributed by atoms with E-state index in [0.29, 0.717) is 36.4 Å². The molecule has 1 aliphatic heterocycles. The van der Waals surface area contributed by atoms with Crippen LogP contribution in [0.3, 0.4) is 0 Å². The fourth-order valence-corrected chi connectivity index (χ4v) is 4.13. The molecule has 1 amide bonds. The number of carbonyl (C=O) groups excluding carboxylic acids is 2. The number of aryl methyl sites for hydroxylation is 1. The number of likely N-dealkylation sites (tertiary alicyclic amines) is 1. The third-order valence-electron chi connectivity index (χ3n) is 5.81. The van der Waals surface area contributed by atoms with Gasteiger partial charge in [-0.2, -0.15) is 0 Å². The Morgan fingerprint density at radius 1 is 1.19 bits per heavy atom. The van der Waals surface area contributed by atoms with Crippen LogP contribution in [0.2, 0.25) is 0 Å². The number of hydrogen-bond donors (Lipinski definition) is 1. The molecular weight excluding hydrogens is 464 g/mol. The van der Waals surface area contributed by atoms with Crippen molar-refractivity contribution < 1.29 is 24.4 Å². The Morgan fingerprint density at radius 2 is 1.97 bits per heavy atom. The molecule has 0 spiro atoms. The van der Waals surface area contributed by atoms with E-state index in [-0.39, 0.29) is 23.6 Å². The number of aliphatic hydroxyl groups is 1. The Hall–Kier alpha value is -4.73. The molecule has 184 valence electrons. The molecule has 4 rings (SSSR count). The number of ketones is 1. The highest BCUT2D eigenvalue weighted by atomic mass is 16.6. The van der Waals surface area contributed by atoms with Gasteiger partial charge in [-0.1, -0.05) is 24.8 Å². The fraction of sp³-hybridized carbons (Fsp3) is 0.192. The second kappa shape index (κ2) is 10.7. The van der Waals surface area contributed by atoms with Gasteiger partial charge in [0.15, 0.2) is 0 Å². The summed E-state index contributed by atoms with van der Waals surface area (Å²) in [5.74, 6) is -1.44. The fourth-order valence-electron chi connectivity index (χ4n) is 4.13. The van der Waals surface area contributed by atoms with Crippen LogP contribution in [0.15, 0.2) is 85.5 Å². The molecule has 2 heterocycles. The highest BCUT2D eigenvalue weighted by molar-refractivity contribution is 6.46. The molecule has 0 radical (unpaired) electrons. The number of aliphatic hydroxyl groups excluding tert-OH is 1. The molecule has 10 nitrogen and oxygen atoms in total. The standard InChI is InChI=1S/C26H24N4O6/c1-2-15-36-21-9-7-18(8-10-21)24(31)22-23(19-5-3-6-20(16-19)30(34)35)29(26(33)25(22)32)13-4-12-28-14-11-27-17-28/h2-3,5-11,14,16-17,23,31H,1,4,12-13,15H2/b24-22-. The maximum absolute atomic E-state index is 13.1. The van der Waals surface area contributed by atoms with E-state index in [9.17, 15) is 24.8 Å². The van der Waals surface area contributed by atoms with Crippen LogP contribution in [0.1, 0.15) is 23.6 Å². The van der Waals surface area contributed by atoms with Crippen molar-refractivity contribution in [3.05, 3.63) is 107 Å². The quantitative estimate of drug-likeness (QED) is 0.115. The minimum atomic E-state index is -0.982. The van der Waals surface area contributed by atoms with E-state index in [2.05, 4.69) is 11.6 Å². The molecule has 36 heavy (non-hydrogen) atoms. The maximum Gasteiger partial charge on any atom is 0.295 e. The Labute approximate surface area is 206 Å². The van der Waals surface area contributed by atoms with Crippen molar-refractivity contribution >= 4 is 23.1 Å². The summed E-state index contributed by atoms with van der Waals surface area (Å²) in [6.07, 6.45) is 7.18. The van der Waals surface area contributed by atoms with Crippen LogP contribution in [0.4, 0.5) is 5.69 Å². The first-order valence-electron chi connectivity index (χ1n) is 11.2. The van der Waals surface area contributed by atoms with Crippen LogP contribution in [-0.4, -0.2) is 49.3 Å². The van der Waals surface area contributed by atoms with Gasteiger partial charge in [0.25, 0.3) is 17.4 Å². The van der Waals surface area contributed by atoms with Gasteiger partial charge < -0.3 is 19.3 Å². The summed E-state index contributed by atoms with van der Waals surface area (Å²) in [6, 6.07) is 11.2. The topological polar surface area (TPSA) is 128 Å². The predicted octanol–water partition coefficient (Wildman–Crippen LogP) is 3.87. The van der Waals surface area contributed by atoms with Gasteiger partial charge in [-0.3, -0.25) is 19.7 Å². The van der Waals surface area contributed by atoms with E-state index in [4.69, 9.17) is 4.74 Å². The van der Waals surface area contributed by atoms with Gasteiger partial charge >= 0.3 is 0 Å². The summed E-state index contributed by atoms with van der Waals surface area (Å²) in [6.45, 7) is 4.65. The van der Waals surface area contributed by atoms with Gasteiger partial charge in [0, 0.05) is 43.2 Å². The number of hydrogen-bond acceptors (Lipinski definition) is 7. The Bertz CT molecular complexity index is 1310. The first-order valence-corrected chi connectivity index (χ1v) is 11.2. The van der Waals surface area contributed by atoms with Gasteiger partial charge in [-0.05, 0) is 36.2 Å². The van der Waals surface area contributed by atoms with Crippen LogP contribution in [-0.2, 0) is 16.1 Å². The molecule has 0 saturated carbocycles. The zero-order valence-corrected chi connectivity index (χ0v) is 19.3. The number of rotatable bonds is 10. The van der Waals surface area contributed by atoms with Crippen molar-refractivity contribution in [3.63, 3.8) is 0 Å². The lowest BCUT2D eigenvalue weighted by Crippen LogP contribution is -2.31. The maximum atomic E-state index is 13.1. The number of non-ortho nitro benzene ring substituents is 1. The number of nitrogens with zero attached hydrogens (tertiary/aromatic N) is 4. The molecule has 0 aliphatic carbocycles. The van der Waals surface area contributed by atoms with Crippen molar-refractivity contribution in [1.82, 2.24) is 14.5 Å². The lowest BCUT2D eigenvalue weighted by atomic mass is 9.95. The number of aromatic nitrogens is 2. The Kier molecular flexibility index (Phi) is 7.24. The molecule has 1 aromatic heterocycles. The predicted molar refractivity (Wildman–Crippen MR) is 131 cm³/mol. The smallest absolute Gasteiger partial charge is 0.295 e. The molecule has 3 aromatic rings. The third kappa shape index (κ3) is 5.02. The van der Waals surface area contributed by atoms with Crippen molar-refractivity contribution in [2.75, 3.05) is 13.2 Å². The van der Waals surface area contributed by atoms with Gasteiger partial charge in [0.05, 0.1) is 22.9 Å². The largest absolute Gasteiger partial charge is 0.507 e. The molecule has 10 heteroatoms. The van der Waals surface area contributed by atoms with Gasteiger partial charge in [-0.15, -0.1) is 0 Å². The lowest BCUT2D eigenvalue weighted by molar-refractivity contribution is -0.384. The molecule has 0 bridgehead atoms. The number of Topliss-reactive ketones (excluding diaryl/α,β-unsaturated/α-hetero) is 1. The SMILES string of the molecule is C=CCOc1ccc(/C(O)=C2/C(=O)C(=O)N(CCCn3ccnc3)C2c2cccc([N+](=O)[O-])c2)cc1. The van der Waals surface area contributed by atoms with Crippen LogP contribution in [0.25, 0.3) is 5.76 Å². The van der Waals surface area contributed by atoms with Gasteiger partial charge in [-0.25, -0.2) is 4.98 Å². The van der Waals surface area contributed by atoms with Crippen LogP contribution >= 0.6 is 0 Å². The Morgan fingerprint density at radius 3 is 2.64 bits per heavy atom. The van der Waals surface area contributed by atoms with Crippen molar-refractivity contribution in [3.8, 4) is 5.75 Å². The summed E-state index contributed by atoms with van der Waals surface area (Å²) in [5, 5.41) is 22.6. The van der Waals surface area contributed by atoms with Crippen LogP contribution in [0.5, 0.6) is 5.75 Å². The normalized spacial score (nSPS) is 16.8. The van der Waals surface area contributed by atoms with Gasteiger partial charge in [0.2, 0.25) is 0 Å². The summed E-state index contributed by atoms with van der Waals surface area (Å²) in [4.78, 5) is 42.4. The average molecular weight is 489 g/mol. The molecular formula is C26H24N4O6. The van der Waals surface area contributed by atoms with Gasteiger partial charge in [0.1, 0.15) is 18.1 Å². The number of benzene rings is 2. The van der Waals surface area contributed by atoms with Crippen LogP contribution in [0, 0.1) is 10.1 Å². The zero-order chi connectivity index (χ0) is 25.7. The highest BCUT2D eigenvalue weighted by Gasteiger charge is 2.46. The molecule has 1 atom stereocenters. The third-order valence-corrected chi connectivity index (χ3v) is 5.81. The average Bonchev–Trinajstić information content (AvgIpc) is 3.50. The Balaban J connectivity index is 1.73. The summed E-state index contributed by atoms with van der Waals surface area (Å²) < 4.78 is 7.30. The van der Waals surface area contributed by atoms with Crippen molar-refractivity contribution in [2.45, 2.75) is 19.0 Å². The number of nitro groups is 1. The summed E-state index contributed by atoms with van der Waals surface area (Å²) in [7, 11) is 0. The highest BCUT2D eigenvalue weighted by Crippen LogP contribution is 2.40. The van der Waals surface area contributed by atoms with Crippen molar-refractivity contribution in [1.29, 1.82) is 0 Å². The lowest BCUT2D eigenvalue weighted by Gasteiger charge is -2.25. The number of imidazole rings is 1. The summed E-state index contributed by atoms with van der Waals surface area (Å²) >= 11 is 0. The molecule has 1 unspecified atom stereocenters. The number of carbonyl (C=O) groups is 2. The van der Waals surface area contributed by atoms with E-state index in [1.54, 1.807) is 55.1 Å². The van der Waals surface area contributed by atoms with E-state index < -0.39 is 22.7 Å². The number of nitro benzene ring substituents is 1. The van der Waals surface area contributed by atoms with Crippen molar-refractivity contribution in [2.24, 2.45) is 0 Å². The molecule has 1 aliphatic rings. The zero-order valence-electron chi connectivity index (χ0n) is 19.3. The van der Waals surface area contributed by atoms with E-state index >= 15 is 0 Å². The minimum absolute atomic E-state index is 0.122. The second-order valence-corrected chi connectivity index (χ2v) is 8.12. The first kappa shape index (κ1) is 24.4. The number of amides is 1. The molecule has 2 aromatic carbocycles. The van der Waals surface area contributed by atoms with E-state index in [1.165, 1.54) is 23.1 Å². The minimum Gasteiger partial charge on any atom is -0.507 e. The molecule has 1 saturated heterocycles. The molecule has 1 N–H and O–H groups in total. The summed E-state index contributed by atoms with van der Waals surface area (Å²) in [5.41, 5.74) is 0.370.